The zero-order valence-corrected chi connectivity index (χ0v) is 17.9. The van der Waals surface area contributed by atoms with Crippen LogP contribution in [0.15, 0.2) is 47.6 Å². The van der Waals surface area contributed by atoms with Gasteiger partial charge >= 0.3 is 0 Å². The molecular weight excluding hydrogens is 429 g/mol. The molecule has 3 aromatic rings. The maximum Gasteiger partial charge on any atom is 0.251 e. The van der Waals surface area contributed by atoms with Crippen LogP contribution in [0.3, 0.4) is 0 Å². The predicted molar refractivity (Wildman–Crippen MR) is 114 cm³/mol. The van der Waals surface area contributed by atoms with E-state index in [2.05, 4.69) is 20.8 Å². The molecule has 0 aliphatic heterocycles. The smallest absolute Gasteiger partial charge is 0.251 e. The molecule has 3 rings (SSSR count). The zero-order valence-electron chi connectivity index (χ0n) is 16.3. The fourth-order valence-electron chi connectivity index (χ4n) is 2.55. The monoisotopic (exact) mass is 447 g/mol. The van der Waals surface area contributed by atoms with Gasteiger partial charge < -0.3 is 15.2 Å². The van der Waals surface area contributed by atoms with E-state index in [4.69, 9.17) is 11.6 Å². The van der Waals surface area contributed by atoms with E-state index in [1.54, 1.807) is 29.8 Å². The Morgan fingerprint density at radius 1 is 1.17 bits per heavy atom. The third-order valence-electron chi connectivity index (χ3n) is 4.31. The lowest BCUT2D eigenvalue weighted by Gasteiger charge is -2.09. The molecule has 0 saturated heterocycles. The number of aromatic nitrogens is 3. The van der Waals surface area contributed by atoms with Crippen molar-refractivity contribution < 1.29 is 14.0 Å². The maximum atomic E-state index is 13.0. The summed E-state index contributed by atoms with van der Waals surface area (Å²) in [6.45, 7) is 1.98. The summed E-state index contributed by atoms with van der Waals surface area (Å²) in [4.78, 5) is 24.4. The maximum absolute atomic E-state index is 13.0. The van der Waals surface area contributed by atoms with E-state index in [0.29, 0.717) is 27.3 Å². The molecule has 0 atom stereocenters. The lowest BCUT2D eigenvalue weighted by molar-refractivity contribution is -0.113. The van der Waals surface area contributed by atoms with Crippen LogP contribution in [-0.4, -0.2) is 32.3 Å². The summed E-state index contributed by atoms with van der Waals surface area (Å²) in [5.41, 5.74) is 1.81. The molecular formula is C20H19ClFN5O2S. The molecule has 0 unspecified atom stereocenters. The Bertz CT molecular complexity index is 1070. The number of halogens is 2. The number of nitrogens with zero attached hydrogens (tertiary/aromatic N) is 3. The SMILES string of the molecule is Cc1c(Cl)cccc1NC(=O)CSc1nnc(CNC(=O)c2ccc(F)cc2)n1C. The van der Waals surface area contributed by atoms with E-state index in [0.717, 1.165) is 5.56 Å². The molecule has 7 nitrogen and oxygen atoms in total. The van der Waals surface area contributed by atoms with E-state index in [-0.39, 0.29) is 24.1 Å². The molecule has 0 aliphatic carbocycles. The van der Waals surface area contributed by atoms with Gasteiger partial charge in [-0.3, -0.25) is 9.59 Å². The zero-order chi connectivity index (χ0) is 21.7. The third kappa shape index (κ3) is 5.37. The van der Waals surface area contributed by atoms with E-state index >= 15 is 0 Å². The summed E-state index contributed by atoms with van der Waals surface area (Å²) >= 11 is 7.29. The number of anilines is 1. The lowest BCUT2D eigenvalue weighted by Crippen LogP contribution is -2.24. The first-order chi connectivity index (χ1) is 14.3. The van der Waals surface area contributed by atoms with Gasteiger partial charge in [0.1, 0.15) is 5.82 Å². The van der Waals surface area contributed by atoms with Crippen LogP contribution < -0.4 is 10.6 Å². The van der Waals surface area contributed by atoms with Gasteiger partial charge in [-0.05, 0) is 48.9 Å². The Kier molecular flexibility index (Phi) is 7.07. The highest BCUT2D eigenvalue weighted by Gasteiger charge is 2.14. The second-order valence-electron chi connectivity index (χ2n) is 6.40. The van der Waals surface area contributed by atoms with Crippen LogP contribution >= 0.6 is 23.4 Å². The highest BCUT2D eigenvalue weighted by atomic mass is 35.5. The van der Waals surface area contributed by atoms with Crippen LogP contribution in [0.5, 0.6) is 0 Å². The van der Waals surface area contributed by atoms with Crippen molar-refractivity contribution in [2.24, 2.45) is 7.05 Å². The van der Waals surface area contributed by atoms with Gasteiger partial charge in [0.05, 0.1) is 12.3 Å². The van der Waals surface area contributed by atoms with E-state index in [9.17, 15) is 14.0 Å². The van der Waals surface area contributed by atoms with Crippen molar-refractivity contribution in [1.82, 2.24) is 20.1 Å². The minimum atomic E-state index is -0.406. The van der Waals surface area contributed by atoms with Crippen molar-refractivity contribution in [1.29, 1.82) is 0 Å². The normalized spacial score (nSPS) is 10.7. The standard InChI is InChI=1S/C20H19ClFN5O2S/c1-12-15(21)4-3-5-16(12)24-18(28)11-30-20-26-25-17(27(20)2)10-23-19(29)13-6-8-14(22)9-7-13/h3-9H,10-11H2,1-2H3,(H,23,29)(H,24,28). The summed E-state index contributed by atoms with van der Waals surface area (Å²) in [6, 6.07) is 10.6. The van der Waals surface area contributed by atoms with Gasteiger partial charge in [0, 0.05) is 23.3 Å². The minimum absolute atomic E-state index is 0.139. The summed E-state index contributed by atoms with van der Waals surface area (Å²) in [6.07, 6.45) is 0. The Balaban J connectivity index is 1.53. The average molecular weight is 448 g/mol. The van der Waals surface area contributed by atoms with Crippen molar-refractivity contribution in [3.63, 3.8) is 0 Å². The molecule has 0 fully saturated rings. The second kappa shape index (κ2) is 9.73. The van der Waals surface area contributed by atoms with Crippen LogP contribution in [0.1, 0.15) is 21.7 Å². The van der Waals surface area contributed by atoms with Crippen molar-refractivity contribution in [2.75, 3.05) is 11.1 Å². The third-order valence-corrected chi connectivity index (χ3v) is 5.74. The van der Waals surface area contributed by atoms with Crippen molar-refractivity contribution in [3.05, 3.63) is 70.3 Å². The summed E-state index contributed by atoms with van der Waals surface area (Å²) in [7, 11) is 1.75. The number of benzene rings is 2. The number of rotatable bonds is 7. The molecule has 2 N–H and O–H groups in total. The minimum Gasteiger partial charge on any atom is -0.345 e. The fourth-order valence-corrected chi connectivity index (χ4v) is 3.45. The Labute approximate surface area is 182 Å². The molecule has 0 spiro atoms. The molecule has 0 saturated carbocycles. The van der Waals surface area contributed by atoms with Crippen LogP contribution in [0, 0.1) is 12.7 Å². The number of thioether (sulfide) groups is 1. The van der Waals surface area contributed by atoms with Gasteiger partial charge in [0.2, 0.25) is 5.91 Å². The van der Waals surface area contributed by atoms with Crippen molar-refractivity contribution >= 4 is 40.9 Å². The van der Waals surface area contributed by atoms with Crippen LogP contribution in [0.2, 0.25) is 5.02 Å². The highest BCUT2D eigenvalue weighted by Crippen LogP contribution is 2.23. The van der Waals surface area contributed by atoms with Gasteiger partial charge in [-0.1, -0.05) is 29.4 Å². The van der Waals surface area contributed by atoms with Crippen LogP contribution in [0.25, 0.3) is 0 Å². The van der Waals surface area contributed by atoms with E-state index in [1.165, 1.54) is 36.0 Å². The van der Waals surface area contributed by atoms with Gasteiger partial charge in [0.15, 0.2) is 11.0 Å². The predicted octanol–water partition coefficient (Wildman–Crippen LogP) is 3.58. The first-order valence-electron chi connectivity index (χ1n) is 8.95. The van der Waals surface area contributed by atoms with Crippen LogP contribution in [-0.2, 0) is 18.4 Å². The van der Waals surface area contributed by atoms with Gasteiger partial charge in [0.25, 0.3) is 5.91 Å². The number of amides is 2. The number of nitrogens with one attached hydrogen (secondary N) is 2. The first kappa shape index (κ1) is 21.8. The molecule has 1 aromatic heterocycles. The molecule has 0 radical (unpaired) electrons. The van der Waals surface area contributed by atoms with E-state index in [1.807, 2.05) is 6.92 Å². The van der Waals surface area contributed by atoms with Crippen molar-refractivity contribution in [3.8, 4) is 0 Å². The molecule has 30 heavy (non-hydrogen) atoms. The number of carbonyl (C=O) groups excluding carboxylic acids is 2. The van der Waals surface area contributed by atoms with E-state index < -0.39 is 5.82 Å². The number of carbonyl (C=O) groups is 2. The molecule has 10 heteroatoms. The molecule has 0 bridgehead atoms. The highest BCUT2D eigenvalue weighted by molar-refractivity contribution is 7.99. The molecule has 156 valence electrons. The topological polar surface area (TPSA) is 88.9 Å². The summed E-state index contributed by atoms with van der Waals surface area (Å²) in [5, 5.41) is 14.8. The average Bonchev–Trinajstić information content (AvgIpc) is 3.08. The van der Waals surface area contributed by atoms with Gasteiger partial charge in [-0.25, -0.2) is 4.39 Å². The summed E-state index contributed by atoms with van der Waals surface area (Å²) in [5.74, 6) is -0.280. The van der Waals surface area contributed by atoms with Gasteiger partial charge in [-0.2, -0.15) is 0 Å². The van der Waals surface area contributed by atoms with Crippen LogP contribution in [0.4, 0.5) is 10.1 Å². The Morgan fingerprint density at radius 3 is 2.63 bits per heavy atom. The molecule has 0 aliphatic rings. The fraction of sp³-hybridized carbons (Fsp3) is 0.200. The molecule has 1 heterocycles. The van der Waals surface area contributed by atoms with Crippen molar-refractivity contribution in [2.45, 2.75) is 18.6 Å². The number of hydrogen-bond donors (Lipinski definition) is 2. The first-order valence-corrected chi connectivity index (χ1v) is 10.3. The summed E-state index contributed by atoms with van der Waals surface area (Å²) < 4.78 is 14.7. The molecule has 2 amide bonds. The molecule has 2 aromatic carbocycles. The largest absolute Gasteiger partial charge is 0.345 e. The Hall–Kier alpha value is -2.91. The second-order valence-corrected chi connectivity index (χ2v) is 7.75. The van der Waals surface area contributed by atoms with Gasteiger partial charge in [-0.15, -0.1) is 10.2 Å². The Morgan fingerprint density at radius 2 is 1.90 bits per heavy atom. The lowest BCUT2D eigenvalue weighted by atomic mass is 10.2. The number of hydrogen-bond acceptors (Lipinski definition) is 5. The quantitative estimate of drug-likeness (QED) is 0.540.